The van der Waals surface area contributed by atoms with Crippen LogP contribution in [0, 0.1) is 6.92 Å². The van der Waals surface area contributed by atoms with Crippen molar-refractivity contribution in [3.8, 4) is 0 Å². The highest BCUT2D eigenvalue weighted by Gasteiger charge is 2.25. The van der Waals surface area contributed by atoms with Crippen molar-refractivity contribution in [1.29, 1.82) is 0 Å². The number of aryl methyl sites for hydroxylation is 1. The maximum Gasteiger partial charge on any atom is 0.264 e. The Kier molecular flexibility index (Phi) is 6.75. The molecule has 0 bridgehead atoms. The quantitative estimate of drug-likeness (QED) is 0.649. The van der Waals surface area contributed by atoms with Crippen molar-refractivity contribution in [2.45, 2.75) is 30.6 Å². The molecule has 0 unspecified atom stereocenters. The van der Waals surface area contributed by atoms with Gasteiger partial charge in [-0.1, -0.05) is 43.1 Å². The Morgan fingerprint density at radius 1 is 1.00 bits per heavy atom. The predicted molar refractivity (Wildman–Crippen MR) is 106 cm³/mol. The molecule has 1 heterocycles. The average molecular weight is 452 g/mol. The third-order valence-electron chi connectivity index (χ3n) is 3.83. The number of pyridine rings is 1. The van der Waals surface area contributed by atoms with Gasteiger partial charge in [0.1, 0.15) is 10.0 Å². The molecule has 0 spiro atoms. The minimum absolute atomic E-state index is 0.0340. The first kappa shape index (κ1) is 21.9. The lowest BCUT2D eigenvalue weighted by molar-refractivity contribution is 0.445. The van der Waals surface area contributed by atoms with E-state index in [0.29, 0.717) is 18.7 Å². The van der Waals surface area contributed by atoms with E-state index in [2.05, 4.69) is 9.71 Å². The summed E-state index contributed by atoms with van der Waals surface area (Å²) in [4.78, 5) is 3.48. The van der Waals surface area contributed by atoms with Crippen molar-refractivity contribution >= 4 is 48.9 Å². The molecule has 0 saturated heterocycles. The first-order valence-corrected chi connectivity index (χ1v) is 11.7. The maximum absolute atomic E-state index is 12.8. The van der Waals surface area contributed by atoms with Crippen molar-refractivity contribution in [3.63, 3.8) is 0 Å². The van der Waals surface area contributed by atoms with Crippen LogP contribution in [0.15, 0.2) is 40.1 Å². The monoisotopic (exact) mass is 451 g/mol. The van der Waals surface area contributed by atoms with Gasteiger partial charge in [-0.3, -0.25) is 4.72 Å². The van der Waals surface area contributed by atoms with E-state index in [-0.39, 0.29) is 25.8 Å². The van der Waals surface area contributed by atoms with E-state index in [1.165, 1.54) is 34.6 Å². The molecule has 1 aromatic heterocycles. The van der Waals surface area contributed by atoms with Crippen molar-refractivity contribution in [1.82, 2.24) is 9.29 Å². The lowest BCUT2D eigenvalue weighted by Crippen LogP contribution is -2.31. The summed E-state index contributed by atoms with van der Waals surface area (Å²) >= 11 is 11.6. The Morgan fingerprint density at radius 2 is 1.63 bits per heavy atom. The number of aromatic nitrogens is 1. The standard InChI is InChI=1S/C16H19Cl2N3O4S2/c1-4-21(5-2)27(24,25)14-10-12(7-6-11(14)3)20-26(22,23)13-8-9-15(17)19-16(13)18/h6-10,20H,4-5H2,1-3H3. The summed E-state index contributed by atoms with van der Waals surface area (Å²) in [7, 11) is -7.82. The largest absolute Gasteiger partial charge is 0.279 e. The van der Waals surface area contributed by atoms with Gasteiger partial charge in [-0.25, -0.2) is 21.8 Å². The van der Waals surface area contributed by atoms with Crippen LogP contribution >= 0.6 is 23.2 Å². The second-order valence-electron chi connectivity index (χ2n) is 5.60. The van der Waals surface area contributed by atoms with Gasteiger partial charge in [-0.15, -0.1) is 0 Å². The summed E-state index contributed by atoms with van der Waals surface area (Å²) in [5.41, 5.74) is 0.605. The van der Waals surface area contributed by atoms with Crippen molar-refractivity contribution in [3.05, 3.63) is 46.2 Å². The summed E-state index contributed by atoms with van der Waals surface area (Å²) < 4.78 is 54.4. The maximum atomic E-state index is 12.8. The highest BCUT2D eigenvalue weighted by Crippen LogP contribution is 2.27. The molecule has 11 heteroatoms. The van der Waals surface area contributed by atoms with Crippen molar-refractivity contribution in [2.75, 3.05) is 17.8 Å². The fourth-order valence-electron chi connectivity index (χ4n) is 2.45. The Morgan fingerprint density at radius 3 is 2.19 bits per heavy atom. The SMILES string of the molecule is CCN(CC)S(=O)(=O)c1cc(NS(=O)(=O)c2ccc(Cl)nc2Cl)ccc1C. The van der Waals surface area contributed by atoms with E-state index in [1.807, 2.05) is 0 Å². The molecule has 0 amide bonds. The molecule has 7 nitrogen and oxygen atoms in total. The number of benzene rings is 1. The zero-order chi connectivity index (χ0) is 20.4. The Bertz CT molecular complexity index is 1050. The molecule has 0 aliphatic heterocycles. The van der Waals surface area contributed by atoms with Gasteiger partial charge in [0.2, 0.25) is 10.0 Å². The molecule has 0 aliphatic carbocycles. The van der Waals surface area contributed by atoms with E-state index in [1.54, 1.807) is 20.8 Å². The topological polar surface area (TPSA) is 96.4 Å². The molecule has 27 heavy (non-hydrogen) atoms. The zero-order valence-electron chi connectivity index (χ0n) is 14.9. The number of anilines is 1. The van der Waals surface area contributed by atoms with E-state index in [0.717, 1.165) is 0 Å². The van der Waals surface area contributed by atoms with Crippen LogP contribution in [0.1, 0.15) is 19.4 Å². The van der Waals surface area contributed by atoms with Crippen LogP contribution in [0.5, 0.6) is 0 Å². The fraction of sp³-hybridized carbons (Fsp3) is 0.312. The molecule has 2 rings (SSSR count). The average Bonchev–Trinajstić information content (AvgIpc) is 2.56. The molecule has 0 saturated carbocycles. The van der Waals surface area contributed by atoms with E-state index < -0.39 is 20.0 Å². The van der Waals surface area contributed by atoms with Crippen LogP contribution < -0.4 is 4.72 Å². The molecule has 1 N–H and O–H groups in total. The lowest BCUT2D eigenvalue weighted by Gasteiger charge is -2.20. The van der Waals surface area contributed by atoms with Gasteiger partial charge in [0.15, 0.2) is 5.15 Å². The lowest BCUT2D eigenvalue weighted by atomic mass is 10.2. The van der Waals surface area contributed by atoms with Crippen LogP contribution in [-0.2, 0) is 20.0 Å². The normalized spacial score (nSPS) is 12.4. The fourth-order valence-corrected chi connectivity index (χ4v) is 5.87. The molecule has 1 aromatic carbocycles. The van der Waals surface area contributed by atoms with Crippen LogP contribution in [-0.4, -0.2) is 39.2 Å². The van der Waals surface area contributed by atoms with Gasteiger partial charge >= 0.3 is 0 Å². The molecule has 0 atom stereocenters. The van der Waals surface area contributed by atoms with Crippen LogP contribution in [0.25, 0.3) is 0 Å². The number of hydrogen-bond acceptors (Lipinski definition) is 5. The van der Waals surface area contributed by atoms with Crippen molar-refractivity contribution in [2.24, 2.45) is 0 Å². The second-order valence-corrected chi connectivity index (χ2v) is 9.90. The molecule has 148 valence electrons. The van der Waals surface area contributed by atoms with Gasteiger partial charge in [0.25, 0.3) is 10.0 Å². The summed E-state index contributed by atoms with van der Waals surface area (Å²) in [6.07, 6.45) is 0. The Labute approximate surface area is 169 Å². The minimum atomic E-state index is -4.08. The van der Waals surface area contributed by atoms with Crippen molar-refractivity contribution < 1.29 is 16.8 Å². The predicted octanol–water partition coefficient (Wildman–Crippen LogP) is 3.53. The van der Waals surface area contributed by atoms with Crippen LogP contribution in [0.2, 0.25) is 10.3 Å². The molecular weight excluding hydrogens is 433 g/mol. The number of rotatable bonds is 7. The molecule has 0 aliphatic rings. The highest BCUT2D eigenvalue weighted by atomic mass is 35.5. The van der Waals surface area contributed by atoms with Gasteiger partial charge in [0.05, 0.1) is 10.6 Å². The van der Waals surface area contributed by atoms with Gasteiger partial charge in [-0.05, 0) is 36.8 Å². The zero-order valence-corrected chi connectivity index (χ0v) is 18.0. The first-order valence-electron chi connectivity index (χ1n) is 7.98. The van der Waals surface area contributed by atoms with Gasteiger partial charge in [0, 0.05) is 13.1 Å². The summed E-state index contributed by atoms with van der Waals surface area (Å²) in [5.74, 6) is 0. The van der Waals surface area contributed by atoms with Gasteiger partial charge in [-0.2, -0.15) is 4.31 Å². The Hall–Kier alpha value is -1.39. The summed E-state index contributed by atoms with van der Waals surface area (Å²) in [6, 6.07) is 6.83. The van der Waals surface area contributed by atoms with E-state index >= 15 is 0 Å². The van der Waals surface area contributed by atoms with Gasteiger partial charge < -0.3 is 0 Å². The third-order valence-corrected chi connectivity index (χ3v) is 8.05. The molecule has 0 radical (unpaired) electrons. The van der Waals surface area contributed by atoms with Crippen LogP contribution in [0.3, 0.4) is 0 Å². The van der Waals surface area contributed by atoms with E-state index in [9.17, 15) is 16.8 Å². The Balaban J connectivity index is 2.47. The minimum Gasteiger partial charge on any atom is -0.279 e. The number of sulfonamides is 2. The number of hydrogen-bond donors (Lipinski definition) is 1. The second kappa shape index (κ2) is 8.32. The number of halogens is 2. The molecule has 0 fully saturated rings. The smallest absolute Gasteiger partial charge is 0.264 e. The number of nitrogens with zero attached hydrogens (tertiary/aromatic N) is 2. The molecule has 2 aromatic rings. The third kappa shape index (κ3) is 4.72. The summed E-state index contributed by atoms with van der Waals surface area (Å²) in [5, 5.41) is -0.222. The number of nitrogens with one attached hydrogen (secondary N) is 1. The first-order chi connectivity index (χ1) is 12.5. The van der Waals surface area contributed by atoms with Crippen LogP contribution in [0.4, 0.5) is 5.69 Å². The highest BCUT2D eigenvalue weighted by molar-refractivity contribution is 7.92. The summed E-state index contributed by atoms with van der Waals surface area (Å²) in [6.45, 7) is 5.73. The van der Waals surface area contributed by atoms with E-state index in [4.69, 9.17) is 23.2 Å². The molecular formula is C16H19Cl2N3O4S2.